The summed E-state index contributed by atoms with van der Waals surface area (Å²) in [7, 11) is 2.10. The molecule has 4 heteroatoms. The van der Waals surface area contributed by atoms with Crippen LogP contribution < -0.4 is 5.32 Å². The van der Waals surface area contributed by atoms with Gasteiger partial charge in [-0.15, -0.1) is 0 Å². The van der Waals surface area contributed by atoms with Crippen molar-refractivity contribution >= 4 is 17.9 Å². The van der Waals surface area contributed by atoms with Crippen LogP contribution in [-0.4, -0.2) is 36.8 Å². The maximum atomic E-state index is 10.4. The molecule has 64 valence electrons. The van der Waals surface area contributed by atoms with Crippen LogP contribution in [0.1, 0.15) is 6.42 Å². The van der Waals surface area contributed by atoms with Gasteiger partial charge >= 0.3 is 0 Å². The van der Waals surface area contributed by atoms with Gasteiger partial charge in [-0.3, -0.25) is 4.79 Å². The molecule has 1 aliphatic heterocycles. The number of hydrogen-bond acceptors (Lipinski definition) is 2. The number of nitrogens with one attached hydrogen (secondary N) is 1. The normalized spacial score (nSPS) is 25.5. The molecular formula is C7H14N2OS. The molecule has 0 spiro atoms. The fourth-order valence-corrected chi connectivity index (χ4v) is 1.52. The Morgan fingerprint density at radius 3 is 3.00 bits per heavy atom. The highest BCUT2D eigenvalue weighted by Gasteiger charge is 2.18. The molecule has 1 saturated heterocycles. The van der Waals surface area contributed by atoms with Crippen LogP contribution in [-0.2, 0) is 0 Å². The third-order valence-electron chi connectivity index (χ3n) is 2.03. The molecular weight excluding hydrogens is 160 g/mol. The molecule has 1 fully saturated rings. The first-order valence-electron chi connectivity index (χ1n) is 3.84. The Balaban J connectivity index is 2.13. The molecule has 0 aromatic rings. The number of thiol groups is 1. The summed E-state index contributed by atoms with van der Waals surface area (Å²) in [4.78, 5) is 12.7. The van der Waals surface area contributed by atoms with Crippen molar-refractivity contribution < 1.29 is 4.79 Å². The van der Waals surface area contributed by atoms with E-state index in [1.807, 2.05) is 0 Å². The lowest BCUT2D eigenvalue weighted by Crippen LogP contribution is -2.26. The summed E-state index contributed by atoms with van der Waals surface area (Å²) in [6, 6.07) is 0. The van der Waals surface area contributed by atoms with Crippen molar-refractivity contribution in [3.05, 3.63) is 0 Å². The SMILES string of the molecule is CN1CCC(CNC(=O)S)C1. The van der Waals surface area contributed by atoms with Gasteiger partial charge < -0.3 is 10.2 Å². The molecule has 1 amide bonds. The number of likely N-dealkylation sites (tertiary alicyclic amines) is 1. The molecule has 0 radical (unpaired) electrons. The third-order valence-corrected chi connectivity index (χ3v) is 2.19. The molecule has 0 bridgehead atoms. The smallest absolute Gasteiger partial charge is 0.275 e. The van der Waals surface area contributed by atoms with E-state index in [1.165, 1.54) is 6.42 Å². The van der Waals surface area contributed by atoms with Gasteiger partial charge in [0.05, 0.1) is 0 Å². The molecule has 1 N–H and O–H groups in total. The van der Waals surface area contributed by atoms with Gasteiger partial charge in [-0.05, 0) is 25.9 Å². The number of amides is 1. The highest BCUT2D eigenvalue weighted by atomic mass is 32.1. The molecule has 11 heavy (non-hydrogen) atoms. The van der Waals surface area contributed by atoms with E-state index < -0.39 is 0 Å². The number of carbonyl (C=O) groups excluding carboxylic acids is 1. The summed E-state index contributed by atoms with van der Waals surface area (Å²) >= 11 is 3.63. The van der Waals surface area contributed by atoms with Gasteiger partial charge in [0, 0.05) is 13.1 Å². The minimum atomic E-state index is -0.223. The zero-order valence-corrected chi connectivity index (χ0v) is 7.60. The average molecular weight is 174 g/mol. The lowest BCUT2D eigenvalue weighted by atomic mass is 10.1. The minimum absolute atomic E-state index is 0.223. The van der Waals surface area contributed by atoms with E-state index in [1.54, 1.807) is 0 Å². The predicted octanol–water partition coefficient (Wildman–Crippen LogP) is 0.578. The molecule has 1 heterocycles. The van der Waals surface area contributed by atoms with E-state index in [4.69, 9.17) is 0 Å². The molecule has 3 nitrogen and oxygen atoms in total. The first kappa shape index (κ1) is 8.87. The van der Waals surface area contributed by atoms with Crippen LogP contribution in [0, 0.1) is 5.92 Å². The topological polar surface area (TPSA) is 32.3 Å². The maximum Gasteiger partial charge on any atom is 0.275 e. The Labute approximate surface area is 72.5 Å². The molecule has 0 aromatic heterocycles. The summed E-state index contributed by atoms with van der Waals surface area (Å²) in [6.45, 7) is 3.01. The molecule has 1 unspecified atom stereocenters. The number of hydrogen-bond donors (Lipinski definition) is 2. The second-order valence-corrected chi connectivity index (χ2v) is 3.51. The Morgan fingerprint density at radius 1 is 1.82 bits per heavy atom. The van der Waals surface area contributed by atoms with Crippen LogP contribution in [0.5, 0.6) is 0 Å². The van der Waals surface area contributed by atoms with Crippen LogP contribution in [0.2, 0.25) is 0 Å². The Morgan fingerprint density at radius 2 is 2.55 bits per heavy atom. The van der Waals surface area contributed by atoms with Gasteiger partial charge in [-0.25, -0.2) is 0 Å². The highest BCUT2D eigenvalue weighted by Crippen LogP contribution is 2.12. The van der Waals surface area contributed by atoms with Crippen molar-refractivity contribution in [2.75, 3.05) is 26.7 Å². The van der Waals surface area contributed by atoms with Crippen LogP contribution in [0.4, 0.5) is 4.79 Å². The number of rotatable bonds is 2. The van der Waals surface area contributed by atoms with Crippen molar-refractivity contribution in [3.63, 3.8) is 0 Å². The van der Waals surface area contributed by atoms with Crippen molar-refractivity contribution in [1.29, 1.82) is 0 Å². The van der Waals surface area contributed by atoms with E-state index in [-0.39, 0.29) is 5.24 Å². The van der Waals surface area contributed by atoms with Crippen molar-refractivity contribution in [3.8, 4) is 0 Å². The second-order valence-electron chi connectivity index (χ2n) is 3.10. The number of carbonyl (C=O) groups is 1. The molecule has 0 aliphatic carbocycles. The minimum Gasteiger partial charge on any atom is -0.347 e. The summed E-state index contributed by atoms with van der Waals surface area (Å²) in [5, 5.41) is 2.48. The van der Waals surface area contributed by atoms with Gasteiger partial charge in [0.1, 0.15) is 0 Å². The van der Waals surface area contributed by atoms with E-state index in [9.17, 15) is 4.79 Å². The van der Waals surface area contributed by atoms with Gasteiger partial charge in [-0.2, -0.15) is 0 Å². The first-order chi connectivity index (χ1) is 5.18. The lowest BCUT2D eigenvalue weighted by molar-refractivity contribution is 0.259. The van der Waals surface area contributed by atoms with E-state index in [0.29, 0.717) is 5.92 Å². The van der Waals surface area contributed by atoms with E-state index in [0.717, 1.165) is 19.6 Å². The maximum absolute atomic E-state index is 10.4. The summed E-state index contributed by atoms with van der Waals surface area (Å²) in [5.74, 6) is 0.621. The Kier molecular flexibility index (Phi) is 3.20. The fraction of sp³-hybridized carbons (Fsp3) is 0.857. The van der Waals surface area contributed by atoms with Crippen LogP contribution in [0.15, 0.2) is 0 Å². The Hall–Kier alpha value is -0.220. The predicted molar refractivity (Wildman–Crippen MR) is 48.0 cm³/mol. The fourth-order valence-electron chi connectivity index (χ4n) is 1.42. The van der Waals surface area contributed by atoms with Crippen molar-refractivity contribution in [2.45, 2.75) is 6.42 Å². The molecule has 1 aliphatic rings. The summed E-state index contributed by atoms with van der Waals surface area (Å²) < 4.78 is 0. The second kappa shape index (κ2) is 3.97. The molecule has 1 atom stereocenters. The molecule has 1 rings (SSSR count). The van der Waals surface area contributed by atoms with Crippen LogP contribution >= 0.6 is 12.6 Å². The van der Waals surface area contributed by atoms with Gasteiger partial charge in [0.15, 0.2) is 0 Å². The third kappa shape index (κ3) is 3.12. The Bertz CT molecular complexity index is 151. The van der Waals surface area contributed by atoms with Crippen LogP contribution in [0.3, 0.4) is 0 Å². The largest absolute Gasteiger partial charge is 0.347 e. The molecule has 0 saturated carbocycles. The van der Waals surface area contributed by atoms with E-state index in [2.05, 4.69) is 29.9 Å². The van der Waals surface area contributed by atoms with Crippen LogP contribution in [0.25, 0.3) is 0 Å². The number of nitrogens with zero attached hydrogens (tertiary/aromatic N) is 1. The van der Waals surface area contributed by atoms with Crippen molar-refractivity contribution in [1.82, 2.24) is 10.2 Å². The monoisotopic (exact) mass is 174 g/mol. The molecule has 0 aromatic carbocycles. The van der Waals surface area contributed by atoms with Gasteiger partial charge in [-0.1, -0.05) is 12.6 Å². The zero-order valence-electron chi connectivity index (χ0n) is 6.71. The standard InChI is InChI=1S/C7H14N2OS/c1-9-3-2-6(5-9)4-8-7(10)11/h6H,2-5H2,1H3,(H2,8,10,11). The average Bonchev–Trinajstić information content (AvgIpc) is 2.31. The summed E-state index contributed by atoms with van der Waals surface area (Å²) in [5.41, 5.74) is 0. The first-order valence-corrected chi connectivity index (χ1v) is 4.28. The lowest BCUT2D eigenvalue weighted by Gasteiger charge is -2.09. The van der Waals surface area contributed by atoms with Crippen molar-refractivity contribution in [2.24, 2.45) is 5.92 Å². The quantitative estimate of drug-likeness (QED) is 0.600. The van der Waals surface area contributed by atoms with Gasteiger partial charge in [0.25, 0.3) is 5.24 Å². The zero-order chi connectivity index (χ0) is 8.27. The highest BCUT2D eigenvalue weighted by molar-refractivity contribution is 7.96. The summed E-state index contributed by atoms with van der Waals surface area (Å²) in [6.07, 6.45) is 1.19. The van der Waals surface area contributed by atoms with Gasteiger partial charge in [0.2, 0.25) is 0 Å². The van der Waals surface area contributed by atoms with E-state index >= 15 is 0 Å².